The topological polar surface area (TPSA) is 18.5 Å². The van der Waals surface area contributed by atoms with Crippen molar-refractivity contribution in [2.24, 2.45) is 0 Å². The van der Waals surface area contributed by atoms with Crippen molar-refractivity contribution in [3.05, 3.63) is 101 Å². The summed E-state index contributed by atoms with van der Waals surface area (Å²) in [6.45, 7) is 4.52. The number of hydrogen-bond acceptors (Lipinski definition) is 2. The lowest BCUT2D eigenvalue weighted by atomic mass is 9.77. The van der Waals surface area contributed by atoms with Crippen LogP contribution in [0.5, 0.6) is 0 Å². The van der Waals surface area contributed by atoms with Crippen molar-refractivity contribution >= 4 is 0 Å². The van der Waals surface area contributed by atoms with E-state index in [1.807, 2.05) is 12.1 Å². The molecule has 132 valence electrons. The Morgan fingerprint density at radius 2 is 1.27 bits per heavy atom. The first-order valence-corrected chi connectivity index (χ1v) is 9.43. The molecule has 3 aromatic rings. The maximum absolute atomic E-state index is 6.81. The molecule has 0 saturated carbocycles. The molecule has 26 heavy (non-hydrogen) atoms. The van der Waals surface area contributed by atoms with Crippen LogP contribution in [0.1, 0.15) is 47.9 Å². The van der Waals surface area contributed by atoms with Gasteiger partial charge in [-0.15, -0.1) is 0 Å². The number of rotatable bonds is 2. The SMILES string of the molecule is CC1c2cc[cH-]c2[C@H](C)[C@H]2OC(c3ccccc3)(c3ccccc3)O[C@H]12. The van der Waals surface area contributed by atoms with Crippen molar-refractivity contribution in [3.8, 4) is 0 Å². The van der Waals surface area contributed by atoms with E-state index in [1.165, 1.54) is 11.1 Å². The molecule has 2 aliphatic rings. The molecule has 1 unspecified atom stereocenters. The van der Waals surface area contributed by atoms with E-state index >= 15 is 0 Å². The molecule has 5 rings (SSSR count). The lowest BCUT2D eigenvalue weighted by molar-refractivity contribution is -0.152. The Morgan fingerprint density at radius 3 is 1.85 bits per heavy atom. The van der Waals surface area contributed by atoms with Crippen molar-refractivity contribution < 1.29 is 9.47 Å². The highest BCUT2D eigenvalue weighted by atomic mass is 16.8. The van der Waals surface area contributed by atoms with E-state index < -0.39 is 5.79 Å². The summed E-state index contributed by atoms with van der Waals surface area (Å²) < 4.78 is 13.6. The zero-order valence-electron chi connectivity index (χ0n) is 15.1. The number of fused-ring (bicyclic) bond motifs is 2. The molecule has 1 aliphatic heterocycles. The van der Waals surface area contributed by atoms with Gasteiger partial charge in [0, 0.05) is 11.1 Å². The largest absolute Gasteiger partial charge is 0.337 e. The van der Waals surface area contributed by atoms with E-state index in [0.717, 1.165) is 11.1 Å². The van der Waals surface area contributed by atoms with Crippen LogP contribution < -0.4 is 0 Å². The number of benzene rings is 2. The van der Waals surface area contributed by atoms with Crippen LogP contribution in [0.2, 0.25) is 0 Å². The summed E-state index contributed by atoms with van der Waals surface area (Å²) in [7, 11) is 0. The quantitative estimate of drug-likeness (QED) is 0.587. The van der Waals surface area contributed by atoms with Gasteiger partial charge in [-0.05, 0) is 11.8 Å². The van der Waals surface area contributed by atoms with Gasteiger partial charge in [-0.2, -0.15) is 23.3 Å². The molecule has 0 amide bonds. The molecular formula is C24H23O2-. The summed E-state index contributed by atoms with van der Waals surface area (Å²) in [6.07, 6.45) is 0.0839. The summed E-state index contributed by atoms with van der Waals surface area (Å²) in [5.74, 6) is -0.213. The molecule has 1 heterocycles. The van der Waals surface area contributed by atoms with Crippen LogP contribution in [0, 0.1) is 0 Å². The van der Waals surface area contributed by atoms with Gasteiger partial charge < -0.3 is 9.47 Å². The van der Waals surface area contributed by atoms with Crippen molar-refractivity contribution in [2.45, 2.75) is 43.7 Å². The third-order valence-corrected chi connectivity index (χ3v) is 6.09. The molecule has 1 fully saturated rings. The highest BCUT2D eigenvalue weighted by Crippen LogP contribution is 2.53. The first-order chi connectivity index (χ1) is 12.7. The number of ether oxygens (including phenoxy) is 2. The Bertz CT molecular complexity index is 822. The van der Waals surface area contributed by atoms with Crippen LogP contribution in [-0.4, -0.2) is 12.2 Å². The maximum Gasteiger partial charge on any atom is 0.223 e. The molecule has 1 saturated heterocycles. The molecule has 0 spiro atoms. The van der Waals surface area contributed by atoms with Crippen LogP contribution in [0.15, 0.2) is 78.9 Å². The zero-order valence-corrected chi connectivity index (χ0v) is 15.1. The summed E-state index contributed by atoms with van der Waals surface area (Å²) in [4.78, 5) is 0. The highest BCUT2D eigenvalue weighted by molar-refractivity contribution is 5.42. The summed E-state index contributed by atoms with van der Waals surface area (Å²) in [6, 6.07) is 27.3. The number of hydrogen-bond donors (Lipinski definition) is 0. The van der Waals surface area contributed by atoms with Crippen LogP contribution in [0.4, 0.5) is 0 Å². The van der Waals surface area contributed by atoms with E-state index in [1.54, 1.807) is 0 Å². The van der Waals surface area contributed by atoms with Crippen LogP contribution in [0.25, 0.3) is 0 Å². The Balaban J connectivity index is 1.65. The predicted octanol–water partition coefficient (Wildman–Crippen LogP) is 5.31. The second kappa shape index (κ2) is 5.87. The normalized spacial score (nSPS) is 29.2. The molecule has 0 aromatic heterocycles. The summed E-state index contributed by atoms with van der Waals surface area (Å²) in [5.41, 5.74) is 4.91. The van der Waals surface area contributed by atoms with Crippen molar-refractivity contribution in [1.82, 2.24) is 0 Å². The third kappa shape index (κ3) is 2.16. The van der Waals surface area contributed by atoms with Crippen LogP contribution in [0.3, 0.4) is 0 Å². The first-order valence-electron chi connectivity index (χ1n) is 9.43. The van der Waals surface area contributed by atoms with Gasteiger partial charge in [0.2, 0.25) is 5.79 Å². The van der Waals surface area contributed by atoms with Gasteiger partial charge in [-0.1, -0.05) is 74.5 Å². The fourth-order valence-electron chi connectivity index (χ4n) is 4.70. The first kappa shape index (κ1) is 15.9. The minimum atomic E-state index is -0.843. The second-order valence-corrected chi connectivity index (χ2v) is 7.53. The molecular weight excluding hydrogens is 320 g/mol. The fraction of sp³-hybridized carbons (Fsp3) is 0.292. The lowest BCUT2D eigenvalue weighted by Crippen LogP contribution is -2.36. The predicted molar refractivity (Wildman–Crippen MR) is 102 cm³/mol. The fourth-order valence-corrected chi connectivity index (χ4v) is 4.70. The standard InChI is InChI=1S/C24H23O2/c1-16-20-14-9-15-21(20)17(2)23-22(16)25-24(26-23,18-10-5-3-6-11-18)19-12-7-4-8-13-19/h3-17,22-23H,1-2H3/q-1/t16-,17?,22+,23+/m0/s1. The second-order valence-electron chi connectivity index (χ2n) is 7.53. The van der Waals surface area contributed by atoms with Gasteiger partial charge in [0.25, 0.3) is 0 Å². The van der Waals surface area contributed by atoms with Gasteiger partial charge in [-0.3, -0.25) is 0 Å². The minimum Gasteiger partial charge on any atom is -0.337 e. The van der Waals surface area contributed by atoms with E-state index in [0.29, 0.717) is 11.8 Å². The molecule has 0 N–H and O–H groups in total. The van der Waals surface area contributed by atoms with Gasteiger partial charge in [0.15, 0.2) is 0 Å². The highest BCUT2D eigenvalue weighted by Gasteiger charge is 2.54. The van der Waals surface area contributed by atoms with E-state index in [-0.39, 0.29) is 12.2 Å². The average molecular weight is 343 g/mol. The van der Waals surface area contributed by atoms with Crippen molar-refractivity contribution in [2.75, 3.05) is 0 Å². The van der Waals surface area contributed by atoms with Crippen molar-refractivity contribution in [1.29, 1.82) is 0 Å². The molecule has 3 aromatic carbocycles. The summed E-state index contributed by atoms with van der Waals surface area (Å²) >= 11 is 0. The molecule has 0 bridgehead atoms. The molecule has 4 atom stereocenters. The molecule has 0 radical (unpaired) electrons. The van der Waals surface area contributed by atoms with Crippen LogP contribution >= 0.6 is 0 Å². The monoisotopic (exact) mass is 343 g/mol. The Labute approximate surface area is 154 Å². The van der Waals surface area contributed by atoms with E-state index in [9.17, 15) is 0 Å². The van der Waals surface area contributed by atoms with Crippen molar-refractivity contribution in [3.63, 3.8) is 0 Å². The minimum absolute atomic E-state index is 0.0420. The molecule has 2 nitrogen and oxygen atoms in total. The van der Waals surface area contributed by atoms with E-state index in [2.05, 4.69) is 80.6 Å². The Morgan fingerprint density at radius 1 is 0.731 bits per heavy atom. The van der Waals surface area contributed by atoms with Gasteiger partial charge in [-0.25, -0.2) is 6.07 Å². The smallest absolute Gasteiger partial charge is 0.223 e. The lowest BCUT2D eigenvalue weighted by Gasteiger charge is -2.39. The molecule has 1 aliphatic carbocycles. The zero-order chi connectivity index (χ0) is 17.7. The maximum atomic E-state index is 6.81. The Hall–Kier alpha value is -2.29. The van der Waals surface area contributed by atoms with Gasteiger partial charge in [0.1, 0.15) is 0 Å². The van der Waals surface area contributed by atoms with Crippen LogP contribution in [-0.2, 0) is 15.3 Å². The summed E-state index contributed by atoms with van der Waals surface area (Å²) in [5, 5.41) is 0. The average Bonchev–Trinajstić information content (AvgIpc) is 3.34. The Kier molecular flexibility index (Phi) is 3.59. The van der Waals surface area contributed by atoms with Gasteiger partial charge in [0.05, 0.1) is 12.2 Å². The third-order valence-electron chi connectivity index (χ3n) is 6.09. The van der Waals surface area contributed by atoms with Gasteiger partial charge >= 0.3 is 0 Å². The molecule has 2 heteroatoms. The van der Waals surface area contributed by atoms with E-state index in [4.69, 9.17) is 9.47 Å².